The van der Waals surface area contributed by atoms with Crippen LogP contribution in [0.3, 0.4) is 0 Å². The Morgan fingerprint density at radius 1 is 1.25 bits per heavy atom. The van der Waals surface area contributed by atoms with Crippen LogP contribution < -0.4 is 5.32 Å². The summed E-state index contributed by atoms with van der Waals surface area (Å²) in [6.07, 6.45) is 0.717. The van der Waals surface area contributed by atoms with Crippen molar-refractivity contribution >= 4 is 9.84 Å². The number of sulfone groups is 1. The molecular weight excluding hydrogens is 270 g/mol. The van der Waals surface area contributed by atoms with Crippen molar-refractivity contribution in [3.8, 4) is 0 Å². The third-order valence-electron chi connectivity index (χ3n) is 4.28. The fourth-order valence-electron chi connectivity index (χ4n) is 2.94. The van der Waals surface area contributed by atoms with E-state index in [4.69, 9.17) is 0 Å². The first-order chi connectivity index (χ1) is 9.31. The van der Waals surface area contributed by atoms with Crippen molar-refractivity contribution in [3.05, 3.63) is 35.9 Å². The Balaban J connectivity index is 2.04. The maximum absolute atomic E-state index is 11.7. The van der Waals surface area contributed by atoms with Gasteiger partial charge in [0.15, 0.2) is 9.84 Å². The van der Waals surface area contributed by atoms with Crippen LogP contribution in [0.15, 0.2) is 30.3 Å². The standard InChI is InChI=1S/C16H25NO2S/c1-13(2)15(14-7-5-4-6-8-14)11-17-16(3)9-10-20(18,19)12-16/h4-8,13,15,17H,9-12H2,1-3H3. The molecule has 20 heavy (non-hydrogen) atoms. The smallest absolute Gasteiger partial charge is 0.152 e. The molecule has 0 spiro atoms. The molecule has 0 bridgehead atoms. The second-order valence-corrected chi connectivity index (χ2v) is 8.73. The Morgan fingerprint density at radius 3 is 2.40 bits per heavy atom. The molecule has 3 nitrogen and oxygen atoms in total. The van der Waals surface area contributed by atoms with Crippen molar-refractivity contribution in [1.82, 2.24) is 5.32 Å². The van der Waals surface area contributed by atoms with Gasteiger partial charge >= 0.3 is 0 Å². The predicted molar refractivity (Wildman–Crippen MR) is 83.7 cm³/mol. The summed E-state index contributed by atoms with van der Waals surface area (Å²) < 4.78 is 23.3. The Hall–Kier alpha value is -0.870. The van der Waals surface area contributed by atoms with Gasteiger partial charge in [0.05, 0.1) is 11.5 Å². The minimum absolute atomic E-state index is 0.263. The van der Waals surface area contributed by atoms with Gasteiger partial charge in [0.1, 0.15) is 0 Å². The van der Waals surface area contributed by atoms with Crippen LogP contribution in [0.1, 0.15) is 38.7 Å². The molecule has 2 rings (SSSR count). The average molecular weight is 295 g/mol. The van der Waals surface area contributed by atoms with Crippen LogP contribution in [0, 0.1) is 5.92 Å². The van der Waals surface area contributed by atoms with Crippen molar-refractivity contribution in [2.24, 2.45) is 5.92 Å². The van der Waals surface area contributed by atoms with E-state index in [1.54, 1.807) is 0 Å². The molecule has 0 aromatic heterocycles. The molecule has 1 N–H and O–H groups in total. The lowest BCUT2D eigenvalue weighted by molar-refractivity contribution is 0.354. The maximum atomic E-state index is 11.7. The Labute approximate surface area is 122 Å². The number of hydrogen-bond acceptors (Lipinski definition) is 3. The summed E-state index contributed by atoms with van der Waals surface area (Å²) in [4.78, 5) is 0. The summed E-state index contributed by atoms with van der Waals surface area (Å²) in [5.74, 6) is 1.51. The Bertz CT molecular complexity index is 539. The number of hydrogen-bond donors (Lipinski definition) is 1. The van der Waals surface area contributed by atoms with Crippen LogP contribution in [0.5, 0.6) is 0 Å². The molecule has 1 aliphatic rings. The van der Waals surface area contributed by atoms with Crippen molar-refractivity contribution in [2.45, 2.75) is 38.6 Å². The minimum atomic E-state index is -2.85. The molecule has 0 amide bonds. The SMILES string of the molecule is CC(C)C(CNC1(C)CCS(=O)(=O)C1)c1ccccc1. The molecule has 1 fully saturated rings. The van der Waals surface area contributed by atoms with E-state index < -0.39 is 9.84 Å². The normalized spacial score (nSPS) is 26.8. The maximum Gasteiger partial charge on any atom is 0.152 e. The van der Waals surface area contributed by atoms with Crippen LogP contribution in [0.4, 0.5) is 0 Å². The predicted octanol–water partition coefficient (Wildman–Crippen LogP) is 2.59. The third-order valence-corrected chi connectivity index (χ3v) is 6.19. The summed E-state index contributed by atoms with van der Waals surface area (Å²) in [5, 5.41) is 3.51. The summed E-state index contributed by atoms with van der Waals surface area (Å²) in [6, 6.07) is 10.5. The van der Waals surface area contributed by atoms with Crippen molar-refractivity contribution in [3.63, 3.8) is 0 Å². The fourth-order valence-corrected chi connectivity index (χ4v) is 5.07. The highest BCUT2D eigenvalue weighted by Crippen LogP contribution is 2.27. The zero-order valence-corrected chi connectivity index (χ0v) is 13.4. The van der Waals surface area contributed by atoms with Crippen molar-refractivity contribution < 1.29 is 8.42 Å². The van der Waals surface area contributed by atoms with Gasteiger partial charge in [-0.15, -0.1) is 0 Å². The topological polar surface area (TPSA) is 46.2 Å². The summed E-state index contributed by atoms with van der Waals surface area (Å²) >= 11 is 0. The van der Waals surface area contributed by atoms with E-state index in [1.807, 2.05) is 13.0 Å². The van der Waals surface area contributed by atoms with E-state index in [9.17, 15) is 8.42 Å². The van der Waals surface area contributed by atoms with Crippen LogP contribution >= 0.6 is 0 Å². The first kappa shape index (κ1) is 15.5. The summed E-state index contributed by atoms with van der Waals surface area (Å²) in [5.41, 5.74) is 1.06. The fraction of sp³-hybridized carbons (Fsp3) is 0.625. The molecule has 1 aliphatic heterocycles. The lowest BCUT2D eigenvalue weighted by Gasteiger charge is -2.29. The summed E-state index contributed by atoms with van der Waals surface area (Å²) in [6.45, 7) is 7.29. The second kappa shape index (κ2) is 5.86. The number of benzene rings is 1. The molecule has 0 aliphatic carbocycles. The molecule has 112 valence electrons. The first-order valence-electron chi connectivity index (χ1n) is 7.32. The minimum Gasteiger partial charge on any atom is -0.310 e. The van der Waals surface area contributed by atoms with Gasteiger partial charge in [-0.25, -0.2) is 8.42 Å². The molecule has 0 saturated carbocycles. The van der Waals surface area contributed by atoms with Crippen LogP contribution in [-0.4, -0.2) is 32.0 Å². The highest BCUT2D eigenvalue weighted by atomic mass is 32.2. The van der Waals surface area contributed by atoms with Gasteiger partial charge in [0.2, 0.25) is 0 Å². The lowest BCUT2D eigenvalue weighted by Crippen LogP contribution is -2.45. The molecular formula is C16H25NO2S. The number of nitrogens with one attached hydrogen (secondary N) is 1. The zero-order valence-electron chi connectivity index (χ0n) is 12.6. The largest absolute Gasteiger partial charge is 0.310 e. The van der Waals surface area contributed by atoms with Gasteiger partial charge in [-0.3, -0.25) is 0 Å². The molecule has 1 aromatic rings. The van der Waals surface area contributed by atoms with E-state index in [-0.39, 0.29) is 11.3 Å². The third kappa shape index (κ3) is 3.83. The highest BCUT2D eigenvalue weighted by Gasteiger charge is 2.38. The van der Waals surface area contributed by atoms with Gasteiger partial charge in [0.25, 0.3) is 0 Å². The van der Waals surface area contributed by atoms with E-state index in [0.717, 1.165) is 13.0 Å². The van der Waals surface area contributed by atoms with Crippen LogP contribution in [0.25, 0.3) is 0 Å². The first-order valence-corrected chi connectivity index (χ1v) is 9.14. The Morgan fingerprint density at radius 2 is 1.90 bits per heavy atom. The van der Waals surface area contributed by atoms with Crippen LogP contribution in [0.2, 0.25) is 0 Å². The Kier molecular flexibility index (Phi) is 4.55. The lowest BCUT2D eigenvalue weighted by atomic mass is 9.87. The monoisotopic (exact) mass is 295 g/mol. The van der Waals surface area contributed by atoms with Crippen molar-refractivity contribution in [2.75, 3.05) is 18.1 Å². The molecule has 1 aromatic carbocycles. The zero-order chi connectivity index (χ0) is 14.8. The number of rotatable bonds is 5. The van der Waals surface area contributed by atoms with Gasteiger partial charge < -0.3 is 5.32 Å². The van der Waals surface area contributed by atoms with Crippen LogP contribution in [-0.2, 0) is 9.84 Å². The van der Waals surface area contributed by atoms with E-state index >= 15 is 0 Å². The highest BCUT2D eigenvalue weighted by molar-refractivity contribution is 7.91. The molecule has 2 atom stereocenters. The van der Waals surface area contributed by atoms with E-state index in [0.29, 0.717) is 17.6 Å². The average Bonchev–Trinajstić information content (AvgIpc) is 2.65. The van der Waals surface area contributed by atoms with Crippen molar-refractivity contribution in [1.29, 1.82) is 0 Å². The molecule has 1 saturated heterocycles. The summed E-state index contributed by atoms with van der Waals surface area (Å²) in [7, 11) is -2.85. The molecule has 2 unspecified atom stereocenters. The second-order valence-electron chi connectivity index (χ2n) is 6.54. The quantitative estimate of drug-likeness (QED) is 0.908. The van der Waals surface area contributed by atoms with Gasteiger partial charge in [0, 0.05) is 12.1 Å². The molecule has 1 heterocycles. The van der Waals surface area contributed by atoms with Gasteiger partial charge in [-0.2, -0.15) is 0 Å². The van der Waals surface area contributed by atoms with E-state index in [2.05, 4.69) is 43.4 Å². The molecule has 4 heteroatoms. The van der Waals surface area contributed by atoms with E-state index in [1.165, 1.54) is 5.56 Å². The van der Waals surface area contributed by atoms with Gasteiger partial charge in [-0.1, -0.05) is 44.2 Å². The molecule has 0 radical (unpaired) electrons. The van der Waals surface area contributed by atoms with Gasteiger partial charge in [-0.05, 0) is 30.7 Å².